The number of piperidine rings is 1. The first-order valence-corrected chi connectivity index (χ1v) is 45.4. The van der Waals surface area contributed by atoms with Crippen molar-refractivity contribution >= 4 is 81.4 Å². The van der Waals surface area contributed by atoms with Crippen LogP contribution in [-0.2, 0) is 11.8 Å². The minimum Gasteiger partial charge on any atom is -0.477 e. The van der Waals surface area contributed by atoms with Crippen molar-refractivity contribution in [3.05, 3.63) is 257 Å². The fourth-order valence-electron chi connectivity index (χ4n) is 12.2. The molecule has 0 aromatic carbocycles. The number of aryl methyl sites for hydroxylation is 3. The first-order valence-electron chi connectivity index (χ1n) is 43.2. The van der Waals surface area contributed by atoms with E-state index >= 15 is 0 Å². The van der Waals surface area contributed by atoms with Gasteiger partial charge in [-0.1, -0.05) is 186 Å². The van der Waals surface area contributed by atoms with Gasteiger partial charge in [-0.3, -0.25) is 19.6 Å². The summed E-state index contributed by atoms with van der Waals surface area (Å²) in [6.07, 6.45) is 34.3. The molecule has 0 aliphatic carbocycles. The molecular formula is C97H128Cl6N20O4. The number of aliphatic imine (C=N–C) groups is 1. The van der Waals surface area contributed by atoms with Gasteiger partial charge in [0.25, 0.3) is 0 Å². The average Bonchev–Trinajstić information content (AvgIpc) is 1.62. The second-order valence-corrected chi connectivity index (χ2v) is 36.1. The predicted molar refractivity (Wildman–Crippen MR) is 521 cm³/mol. The van der Waals surface area contributed by atoms with E-state index in [4.69, 9.17) is 88.6 Å². The summed E-state index contributed by atoms with van der Waals surface area (Å²) in [5.74, 6) is 8.24. The first kappa shape index (κ1) is 104. The maximum atomic E-state index is 6.23. The lowest BCUT2D eigenvalue weighted by atomic mass is 9.94. The van der Waals surface area contributed by atoms with Gasteiger partial charge in [-0.05, 0) is 232 Å². The van der Waals surface area contributed by atoms with E-state index in [1.54, 1.807) is 58.3 Å². The van der Waals surface area contributed by atoms with Crippen molar-refractivity contribution in [2.24, 2.45) is 18.0 Å². The monoisotopic (exact) mass is 1850 g/mol. The lowest BCUT2D eigenvalue weighted by molar-refractivity contribution is 0.143. The highest BCUT2D eigenvalue weighted by molar-refractivity contribution is 6.34. The Labute approximate surface area is 782 Å². The van der Waals surface area contributed by atoms with Crippen LogP contribution in [0.15, 0.2) is 171 Å². The molecule has 0 saturated carbocycles. The molecule has 0 amide bonds. The minimum absolute atomic E-state index is 0.412. The van der Waals surface area contributed by atoms with Crippen LogP contribution in [0, 0.1) is 19.8 Å². The largest absolute Gasteiger partial charge is 0.477 e. The van der Waals surface area contributed by atoms with Crippen LogP contribution >= 0.6 is 69.6 Å². The summed E-state index contributed by atoms with van der Waals surface area (Å²) in [6, 6.07) is 21.6. The SMILES string of the molecule is CC(C)c1cnc(-c2ccnn2C)c(Cl)c1.CC(C)c1cnc(-n2cccn2)c(Cl)c1.CC(C)c1cnc(-n2cccn2)c(Cl)c1.CC(C)c1cnc(-n2nccn2)c(Cl)c1.CC(C)c1cnc(C2=CCN=C2)c(Cl)c1.CC(C)c1cnc(OCCC2CCN(C)CC2)c(Cl)c1.COCCOc1ncc(C)cc1C(C)C.Cc1cnc(OCCN(C)C)c(C(C)C)c1. The minimum atomic E-state index is 0.412. The molecule has 0 atom stereocenters. The number of aromatic nitrogens is 17. The Balaban J connectivity index is 0.000000199. The van der Waals surface area contributed by atoms with E-state index in [-0.39, 0.29) is 0 Å². The number of methoxy groups -OCH3 is 1. The van der Waals surface area contributed by atoms with Crippen LogP contribution in [-0.4, -0.2) is 181 Å². The van der Waals surface area contributed by atoms with Crippen molar-refractivity contribution in [3.8, 4) is 46.5 Å². The Hall–Kier alpha value is -9.60. The maximum absolute atomic E-state index is 6.23. The molecule has 2 aliphatic rings. The van der Waals surface area contributed by atoms with Crippen molar-refractivity contribution < 1.29 is 18.9 Å². The first-order chi connectivity index (χ1) is 60.5. The van der Waals surface area contributed by atoms with Gasteiger partial charge in [-0.2, -0.15) is 25.5 Å². The van der Waals surface area contributed by atoms with Gasteiger partial charge in [0.15, 0.2) is 17.5 Å². The molecule has 1 fully saturated rings. The van der Waals surface area contributed by atoms with E-state index in [0.29, 0.717) is 127 Å². The molecule has 14 heterocycles. The smallest absolute Gasteiger partial charge is 0.232 e. The summed E-state index contributed by atoms with van der Waals surface area (Å²) in [4.78, 5) is 44.7. The maximum Gasteiger partial charge on any atom is 0.232 e. The number of nitrogens with zero attached hydrogens (tertiary/aromatic N) is 20. The van der Waals surface area contributed by atoms with Gasteiger partial charge in [-0.15, -0.1) is 4.80 Å². The normalized spacial score (nSPS) is 12.5. The van der Waals surface area contributed by atoms with E-state index in [2.05, 4.69) is 217 Å². The molecule has 0 bridgehead atoms. The van der Waals surface area contributed by atoms with Gasteiger partial charge in [0.05, 0.1) is 68.7 Å². The number of halogens is 6. The summed E-state index contributed by atoms with van der Waals surface area (Å²) in [6.45, 7) is 44.7. The zero-order valence-electron chi connectivity index (χ0n) is 78.0. The Morgan fingerprint density at radius 2 is 0.827 bits per heavy atom. The molecule has 1 saturated heterocycles. The molecule has 14 rings (SSSR count). The topological polar surface area (TPSA) is 243 Å². The van der Waals surface area contributed by atoms with E-state index in [1.165, 1.54) is 47.4 Å². The molecular weight excluding hydrogens is 1720 g/mol. The summed E-state index contributed by atoms with van der Waals surface area (Å²) in [7, 11) is 9.80. The third kappa shape index (κ3) is 34.1. The molecule has 24 nitrogen and oxygen atoms in total. The van der Waals surface area contributed by atoms with Crippen LogP contribution in [0.4, 0.5) is 0 Å². The zero-order chi connectivity index (χ0) is 93.0. The molecule has 30 heteroatoms. The fourth-order valence-corrected chi connectivity index (χ4v) is 13.8. The second-order valence-electron chi connectivity index (χ2n) is 33.6. The molecule has 2 aliphatic heterocycles. The van der Waals surface area contributed by atoms with Gasteiger partial charge >= 0.3 is 0 Å². The van der Waals surface area contributed by atoms with Crippen LogP contribution in [0.25, 0.3) is 34.4 Å². The van der Waals surface area contributed by atoms with Crippen molar-refractivity contribution in [1.29, 1.82) is 0 Å². The van der Waals surface area contributed by atoms with Gasteiger partial charge in [0.1, 0.15) is 23.9 Å². The summed E-state index contributed by atoms with van der Waals surface area (Å²) in [5.41, 5.74) is 15.1. The van der Waals surface area contributed by atoms with Crippen LogP contribution < -0.4 is 14.2 Å². The Morgan fingerprint density at radius 3 is 1.20 bits per heavy atom. The zero-order valence-corrected chi connectivity index (χ0v) is 82.5. The Kier molecular flexibility index (Phi) is 43.9. The standard InChI is InChI=1S/C16H25ClN2O.C13H22N2O.C12H14ClN3.C12H13ClN2.C12H19NO2.2C11H12ClN3.C10H11ClN4/c1-12(2)14-10-15(17)16(18-11-14)20-9-6-13-4-7-19(3)8-5-13;1-10(2)12-8-11(3)9-14-13(12)16-7-6-15(4)5;1-8(2)9-6-10(13)12(14-7-9)11-4-5-15-16(11)3;1-8(2)10-5-11(13)12(15-7-10)9-3-4-14-6-9;1-9(2)11-7-10(3)8-13-12(11)15-6-5-14-4;2*1-8(2)9-6-10(12)11(13-7-9)15-5-3-4-14-15;1-7(2)8-5-9(11)10(12-6-8)15-13-3-4-14-15/h10-13H,4-9H2,1-3H3;8-10H,6-7H2,1-5H3;4-8H,1-3H3;3,5-8H,4H2,1-2H3;7-9H,5-6H2,1-4H3;2*3-8H,1-2H3;3-7H,1-2H3. The molecule has 682 valence electrons. The van der Waals surface area contributed by atoms with Crippen LogP contribution in [0.1, 0.15) is 239 Å². The number of rotatable bonds is 25. The third-order valence-corrected chi connectivity index (χ3v) is 22.0. The molecule has 0 spiro atoms. The van der Waals surface area contributed by atoms with Gasteiger partial charge in [-0.25, -0.2) is 39.3 Å². The number of hydrogen-bond acceptors (Lipinski definition) is 20. The Morgan fingerprint density at radius 1 is 0.417 bits per heavy atom. The Bertz CT molecular complexity index is 5110. The van der Waals surface area contributed by atoms with Gasteiger partial charge in [0, 0.05) is 124 Å². The molecule has 127 heavy (non-hydrogen) atoms. The number of allylic oxidation sites excluding steroid dienone is 1. The highest BCUT2D eigenvalue weighted by atomic mass is 35.5. The summed E-state index contributed by atoms with van der Waals surface area (Å²) in [5, 5.41) is 24.1. The van der Waals surface area contributed by atoms with Gasteiger partial charge in [0.2, 0.25) is 17.6 Å². The molecule has 12 aromatic rings. The lowest BCUT2D eigenvalue weighted by Crippen LogP contribution is -2.30. The number of pyridine rings is 8. The lowest BCUT2D eigenvalue weighted by Gasteiger charge is -2.28. The van der Waals surface area contributed by atoms with E-state index in [9.17, 15) is 0 Å². The third-order valence-electron chi connectivity index (χ3n) is 20.3. The van der Waals surface area contributed by atoms with E-state index < -0.39 is 0 Å². The van der Waals surface area contributed by atoms with E-state index in [0.717, 1.165) is 98.8 Å². The highest BCUT2D eigenvalue weighted by Crippen LogP contribution is 2.34. The van der Waals surface area contributed by atoms with Crippen LogP contribution in [0.5, 0.6) is 17.6 Å². The number of hydrogen-bond donors (Lipinski definition) is 0. The summed E-state index contributed by atoms with van der Waals surface area (Å²) >= 11 is 37.0. The van der Waals surface area contributed by atoms with Crippen molar-refractivity contribution in [1.82, 2.24) is 94.0 Å². The average molecular weight is 1850 g/mol. The fraction of sp³-hybridized carbons (Fsp3) is 0.443. The van der Waals surface area contributed by atoms with Crippen LogP contribution in [0.2, 0.25) is 30.1 Å². The summed E-state index contributed by atoms with van der Waals surface area (Å²) < 4.78 is 27.0. The van der Waals surface area contributed by atoms with Crippen LogP contribution in [0.3, 0.4) is 0 Å². The predicted octanol–water partition coefficient (Wildman–Crippen LogP) is 24.1. The van der Waals surface area contributed by atoms with Crippen molar-refractivity contribution in [2.45, 2.75) is 191 Å². The van der Waals surface area contributed by atoms with E-state index in [1.807, 2.05) is 151 Å². The molecule has 0 unspecified atom stereocenters. The molecule has 0 radical (unpaired) electrons. The number of ether oxygens (including phenoxy) is 4. The second kappa shape index (κ2) is 53.4. The van der Waals surface area contributed by atoms with Gasteiger partial charge < -0.3 is 28.7 Å². The quantitative estimate of drug-likeness (QED) is 0.0483. The molecule has 0 N–H and O–H groups in total. The number of likely N-dealkylation sites (tertiary alicyclic amines) is 1. The molecule has 12 aromatic heterocycles. The highest BCUT2D eigenvalue weighted by Gasteiger charge is 2.20. The van der Waals surface area contributed by atoms with Crippen molar-refractivity contribution in [3.63, 3.8) is 0 Å². The number of likely N-dealkylation sites (N-methyl/N-ethyl adjacent to an activating group) is 1. The van der Waals surface area contributed by atoms with Crippen molar-refractivity contribution in [2.75, 3.05) is 80.9 Å².